The lowest BCUT2D eigenvalue weighted by Crippen LogP contribution is -2.43. The molecule has 0 heterocycles. The molecule has 0 rings (SSSR count). The second-order valence-electron chi connectivity index (χ2n) is 1.30. The predicted molar refractivity (Wildman–Crippen MR) is 29.9 cm³/mol. The highest BCUT2D eigenvalue weighted by Crippen LogP contribution is 1.69. The highest BCUT2D eigenvalue weighted by atomic mass is 16.3. The van der Waals surface area contributed by atoms with Gasteiger partial charge < -0.3 is 10.8 Å². The van der Waals surface area contributed by atoms with E-state index >= 15 is 0 Å². The van der Waals surface area contributed by atoms with E-state index in [1.54, 1.807) is 0 Å². The van der Waals surface area contributed by atoms with Crippen LogP contribution in [-0.2, 0) is 0 Å². The summed E-state index contributed by atoms with van der Waals surface area (Å²) in [5.74, 6) is 4.81. The molecule has 0 saturated carbocycles. The Balaban J connectivity index is 3.32. The molecule has 0 aromatic rings. The zero-order valence-corrected chi connectivity index (χ0v) is 4.46. The van der Waals surface area contributed by atoms with E-state index in [0.717, 1.165) is 5.01 Å². The minimum Gasteiger partial charge on any atom is -0.394 e. The summed E-state index contributed by atoms with van der Waals surface area (Å²) in [4.78, 5) is 0. The van der Waals surface area contributed by atoms with Crippen molar-refractivity contribution in [1.82, 2.24) is 5.01 Å². The smallest absolute Gasteiger partial charge is 0.202 e. The average Bonchev–Trinajstić information content (AvgIpc) is 1.67. The summed E-state index contributed by atoms with van der Waals surface area (Å²) in [5.41, 5.74) is 4.90. The van der Waals surface area contributed by atoms with Crippen LogP contribution in [0.3, 0.4) is 0 Å². The molecule has 0 aliphatic rings. The van der Waals surface area contributed by atoms with Crippen LogP contribution in [0.15, 0.2) is 0 Å². The van der Waals surface area contributed by atoms with Gasteiger partial charge in [-0.15, -0.1) is 0 Å². The van der Waals surface area contributed by atoms with Gasteiger partial charge in [0.25, 0.3) is 0 Å². The van der Waals surface area contributed by atoms with Crippen LogP contribution in [0.25, 0.3) is 0 Å². The van der Waals surface area contributed by atoms with Gasteiger partial charge in [0, 0.05) is 0 Å². The SMILES string of the molecule is N=C(N)N(N)CCO. The van der Waals surface area contributed by atoms with Crippen LogP contribution < -0.4 is 11.6 Å². The van der Waals surface area contributed by atoms with E-state index in [9.17, 15) is 0 Å². The van der Waals surface area contributed by atoms with Crippen molar-refractivity contribution in [2.75, 3.05) is 13.2 Å². The molecule has 0 atom stereocenters. The second-order valence-corrected chi connectivity index (χ2v) is 1.30. The topological polar surface area (TPSA) is 99.4 Å². The van der Waals surface area contributed by atoms with Crippen LogP contribution in [0, 0.1) is 5.41 Å². The highest BCUT2D eigenvalue weighted by molar-refractivity contribution is 5.73. The molecule has 48 valence electrons. The zero-order valence-electron chi connectivity index (χ0n) is 4.46. The maximum Gasteiger partial charge on any atom is 0.202 e. The molecule has 5 heteroatoms. The first-order valence-corrected chi connectivity index (χ1v) is 2.15. The molecule has 0 unspecified atom stereocenters. The standard InChI is InChI=1S/C3H10N4O/c4-3(5)7(6)1-2-8/h8H,1-2,6H2,(H3,4,5). The van der Waals surface area contributed by atoms with Crippen LogP contribution in [0.4, 0.5) is 0 Å². The normalized spacial score (nSPS) is 8.75. The second kappa shape index (κ2) is 3.23. The Kier molecular flexibility index (Phi) is 2.90. The maximum atomic E-state index is 8.21. The minimum atomic E-state index is -0.237. The van der Waals surface area contributed by atoms with Gasteiger partial charge in [0.05, 0.1) is 13.2 Å². The van der Waals surface area contributed by atoms with Gasteiger partial charge in [0.2, 0.25) is 5.96 Å². The molecule has 0 amide bonds. The Labute approximate surface area is 47.4 Å². The molecule has 0 aromatic heterocycles. The highest BCUT2D eigenvalue weighted by Gasteiger charge is 1.95. The molecule has 0 spiro atoms. The Morgan fingerprint density at radius 3 is 2.38 bits per heavy atom. The van der Waals surface area contributed by atoms with Gasteiger partial charge in [-0.2, -0.15) is 0 Å². The van der Waals surface area contributed by atoms with Crippen molar-refractivity contribution >= 4 is 5.96 Å². The molecule has 0 aliphatic heterocycles. The lowest BCUT2D eigenvalue weighted by Gasteiger charge is -2.12. The van der Waals surface area contributed by atoms with Gasteiger partial charge >= 0.3 is 0 Å². The first-order chi connectivity index (χ1) is 3.68. The molecular formula is C3H10N4O. The van der Waals surface area contributed by atoms with Gasteiger partial charge in [0.15, 0.2) is 0 Å². The van der Waals surface area contributed by atoms with Crippen molar-refractivity contribution in [1.29, 1.82) is 5.41 Å². The summed E-state index contributed by atoms with van der Waals surface area (Å²) in [5, 5.41) is 15.8. The van der Waals surface area contributed by atoms with Crippen LogP contribution in [-0.4, -0.2) is 29.2 Å². The van der Waals surface area contributed by atoms with E-state index in [0.29, 0.717) is 0 Å². The van der Waals surface area contributed by atoms with Crippen LogP contribution in [0.1, 0.15) is 0 Å². The van der Waals surface area contributed by atoms with Gasteiger partial charge in [-0.1, -0.05) is 0 Å². The lowest BCUT2D eigenvalue weighted by molar-refractivity contribution is 0.250. The van der Waals surface area contributed by atoms with Crippen molar-refractivity contribution in [2.24, 2.45) is 11.6 Å². The number of nitrogens with one attached hydrogen (secondary N) is 1. The number of aliphatic hydroxyl groups excluding tert-OH is 1. The van der Waals surface area contributed by atoms with Gasteiger partial charge in [-0.3, -0.25) is 10.4 Å². The van der Waals surface area contributed by atoms with Crippen molar-refractivity contribution in [3.05, 3.63) is 0 Å². The van der Waals surface area contributed by atoms with Crippen molar-refractivity contribution < 1.29 is 5.11 Å². The summed E-state index contributed by atoms with van der Waals surface area (Å²) in [6, 6.07) is 0. The number of nitrogens with two attached hydrogens (primary N) is 2. The van der Waals surface area contributed by atoms with Gasteiger partial charge in [-0.25, -0.2) is 5.84 Å². The Morgan fingerprint density at radius 2 is 2.25 bits per heavy atom. The Bertz CT molecular complexity index is 83.4. The van der Waals surface area contributed by atoms with E-state index in [2.05, 4.69) is 0 Å². The number of hydrogen-bond acceptors (Lipinski definition) is 3. The third-order valence-electron chi connectivity index (χ3n) is 0.650. The van der Waals surface area contributed by atoms with E-state index in [1.807, 2.05) is 0 Å². The molecule has 6 N–H and O–H groups in total. The number of guanidine groups is 1. The summed E-state index contributed by atoms with van der Waals surface area (Å²) in [6.45, 7) is 0.116. The fourth-order valence-corrected chi connectivity index (χ4v) is 0.228. The minimum absolute atomic E-state index is 0.0872. The first kappa shape index (κ1) is 7.19. The summed E-state index contributed by atoms with van der Waals surface area (Å²) >= 11 is 0. The number of nitrogens with zero attached hydrogens (tertiary/aromatic N) is 1. The Morgan fingerprint density at radius 1 is 1.75 bits per heavy atom. The molecule has 0 aromatic carbocycles. The number of rotatable bonds is 2. The van der Waals surface area contributed by atoms with Crippen LogP contribution in [0.5, 0.6) is 0 Å². The Hall–Kier alpha value is -0.810. The van der Waals surface area contributed by atoms with Crippen LogP contribution >= 0.6 is 0 Å². The number of aliphatic hydroxyl groups is 1. The number of hydrazine groups is 1. The van der Waals surface area contributed by atoms with E-state index in [-0.39, 0.29) is 19.1 Å². The number of hydrogen-bond donors (Lipinski definition) is 4. The molecule has 0 aliphatic carbocycles. The molecule has 0 saturated heterocycles. The molecular weight excluding hydrogens is 108 g/mol. The van der Waals surface area contributed by atoms with Gasteiger partial charge in [0.1, 0.15) is 0 Å². The third-order valence-corrected chi connectivity index (χ3v) is 0.650. The summed E-state index contributed by atoms with van der Waals surface area (Å²) in [6.07, 6.45) is 0. The average molecular weight is 118 g/mol. The largest absolute Gasteiger partial charge is 0.394 e. The lowest BCUT2D eigenvalue weighted by atomic mass is 10.7. The fourth-order valence-electron chi connectivity index (χ4n) is 0.228. The molecule has 5 nitrogen and oxygen atoms in total. The predicted octanol–water partition coefficient (Wildman–Crippen LogP) is -1.95. The quantitative estimate of drug-likeness (QED) is 0.146. The fraction of sp³-hybridized carbons (Fsp3) is 0.667. The molecule has 0 fully saturated rings. The molecule has 0 radical (unpaired) electrons. The molecule has 0 bridgehead atoms. The van der Waals surface area contributed by atoms with E-state index < -0.39 is 0 Å². The third kappa shape index (κ3) is 2.38. The van der Waals surface area contributed by atoms with Crippen molar-refractivity contribution in [3.8, 4) is 0 Å². The van der Waals surface area contributed by atoms with Crippen molar-refractivity contribution in [3.63, 3.8) is 0 Å². The van der Waals surface area contributed by atoms with Gasteiger partial charge in [-0.05, 0) is 0 Å². The maximum absolute atomic E-state index is 8.21. The summed E-state index contributed by atoms with van der Waals surface area (Å²) in [7, 11) is 0. The first-order valence-electron chi connectivity index (χ1n) is 2.15. The summed E-state index contributed by atoms with van der Waals surface area (Å²) < 4.78 is 0. The monoisotopic (exact) mass is 118 g/mol. The van der Waals surface area contributed by atoms with E-state index in [1.165, 1.54) is 0 Å². The van der Waals surface area contributed by atoms with E-state index in [4.69, 9.17) is 22.1 Å². The molecule has 8 heavy (non-hydrogen) atoms. The van der Waals surface area contributed by atoms with Crippen LogP contribution in [0.2, 0.25) is 0 Å². The zero-order chi connectivity index (χ0) is 6.57. The van der Waals surface area contributed by atoms with Crippen molar-refractivity contribution in [2.45, 2.75) is 0 Å².